The van der Waals surface area contributed by atoms with Crippen molar-refractivity contribution in [3.05, 3.63) is 48.6 Å². The second-order valence-electron chi connectivity index (χ2n) is 14.3. The minimum Gasteiger partial charge on any atom is -0.394 e. The summed E-state index contributed by atoms with van der Waals surface area (Å²) in [7, 11) is -5.12. The Morgan fingerprint density at radius 3 is 1.76 bits per heavy atom. The Morgan fingerprint density at radius 1 is 0.727 bits per heavy atom. The number of allylic oxidation sites excluding steroid dienone is 7. The topological polar surface area (TPSA) is 212 Å². The number of hydrogen-bond acceptors (Lipinski definition) is 11. The van der Waals surface area contributed by atoms with Crippen molar-refractivity contribution in [2.75, 3.05) is 13.2 Å². The monoisotopic (exact) mass is 803 g/mol. The maximum Gasteiger partial charge on any atom is 0.397 e. The molecule has 1 heterocycles. The number of unbranched alkanes of at least 4 members (excludes halogenated alkanes) is 14. The molecule has 320 valence electrons. The van der Waals surface area contributed by atoms with Gasteiger partial charge in [0.1, 0.15) is 30.5 Å². The molecule has 8 atom stereocenters. The van der Waals surface area contributed by atoms with Crippen molar-refractivity contribution in [3.63, 3.8) is 0 Å². The normalized spacial score (nSPS) is 22.7. The Labute approximate surface area is 330 Å². The van der Waals surface area contributed by atoms with E-state index in [1.165, 1.54) is 70.3 Å². The standard InChI is InChI=1S/C41H73NO12S/c1-3-5-7-9-11-13-15-17-18-20-21-23-25-27-29-34(44)33(32-52-41-38(47)39(54-55(49,50)51)37(46)36(31-43)53-41)42-40(48)35(45)30-28-26-24-22-19-16-14-12-10-8-6-4-2/h13,15,19-22,27,29,33-39,41,43-47H,3-12,14,16-18,23-26,28,30-32H2,1-2H3,(H,42,48)(H,49,50,51)/b15-13+,21-20+,22-19-,29-27+. The zero-order valence-corrected chi connectivity index (χ0v) is 34.2. The van der Waals surface area contributed by atoms with Crippen LogP contribution in [0.1, 0.15) is 142 Å². The smallest absolute Gasteiger partial charge is 0.394 e. The first-order chi connectivity index (χ1) is 26.4. The van der Waals surface area contributed by atoms with Crippen molar-refractivity contribution in [2.24, 2.45) is 0 Å². The van der Waals surface area contributed by atoms with Crippen LogP contribution in [-0.2, 0) is 28.9 Å². The van der Waals surface area contributed by atoms with Crippen LogP contribution >= 0.6 is 0 Å². The van der Waals surface area contributed by atoms with E-state index in [2.05, 4.69) is 59.8 Å². The molecule has 8 unspecified atom stereocenters. The maximum atomic E-state index is 13.0. The molecule has 0 aliphatic carbocycles. The number of hydrogen-bond donors (Lipinski definition) is 7. The number of nitrogens with one attached hydrogen (secondary N) is 1. The van der Waals surface area contributed by atoms with Crippen molar-refractivity contribution in [1.82, 2.24) is 5.32 Å². The predicted octanol–water partition coefficient (Wildman–Crippen LogP) is 5.90. The fraction of sp³-hybridized carbons (Fsp3) is 0.780. The highest BCUT2D eigenvalue weighted by molar-refractivity contribution is 7.80. The summed E-state index contributed by atoms with van der Waals surface area (Å²) in [6, 6.07) is -1.15. The van der Waals surface area contributed by atoms with Gasteiger partial charge in [-0.2, -0.15) is 8.42 Å². The lowest BCUT2D eigenvalue weighted by Crippen LogP contribution is -2.61. The molecule has 1 aliphatic heterocycles. The molecule has 0 aromatic carbocycles. The number of aliphatic hydroxyl groups is 5. The van der Waals surface area contributed by atoms with Gasteiger partial charge in [0.05, 0.1) is 25.4 Å². The van der Waals surface area contributed by atoms with Gasteiger partial charge >= 0.3 is 10.4 Å². The summed E-state index contributed by atoms with van der Waals surface area (Å²) in [6.45, 7) is 3.11. The molecule has 0 bridgehead atoms. The molecule has 13 nitrogen and oxygen atoms in total. The minimum atomic E-state index is -5.12. The second kappa shape index (κ2) is 32.0. The first-order valence-electron chi connectivity index (χ1n) is 20.6. The number of carbonyl (C=O) groups is 1. The zero-order chi connectivity index (χ0) is 40.7. The molecule has 14 heteroatoms. The average molecular weight is 804 g/mol. The fourth-order valence-corrected chi connectivity index (χ4v) is 6.58. The quantitative estimate of drug-likeness (QED) is 0.0235. The van der Waals surface area contributed by atoms with E-state index in [0.717, 1.165) is 44.9 Å². The average Bonchev–Trinajstić information content (AvgIpc) is 3.15. The molecule has 55 heavy (non-hydrogen) atoms. The van der Waals surface area contributed by atoms with Gasteiger partial charge in [0.2, 0.25) is 5.91 Å². The molecule has 7 N–H and O–H groups in total. The summed E-state index contributed by atoms with van der Waals surface area (Å²) in [5, 5.41) is 54.9. The van der Waals surface area contributed by atoms with E-state index in [0.29, 0.717) is 12.8 Å². The lowest BCUT2D eigenvalue weighted by Gasteiger charge is -2.41. The fourth-order valence-electron chi connectivity index (χ4n) is 6.07. The SMILES string of the molecule is CCCCCC/C=C/CC/C=C/CC/C=C/C(O)C(COC1OC(CO)C(O)C(OS(=O)(=O)O)C1O)NC(=O)C(O)CCCC/C=C\CCCCCCCC. The molecule has 1 amide bonds. The lowest BCUT2D eigenvalue weighted by molar-refractivity contribution is -0.298. The predicted molar refractivity (Wildman–Crippen MR) is 214 cm³/mol. The van der Waals surface area contributed by atoms with Crippen LogP contribution in [0.25, 0.3) is 0 Å². The Morgan fingerprint density at radius 2 is 1.22 bits per heavy atom. The first kappa shape index (κ1) is 51.0. The Hall–Kier alpha value is -1.98. The summed E-state index contributed by atoms with van der Waals surface area (Å²) in [6.07, 6.45) is 25.0. The molecule has 1 fully saturated rings. The highest BCUT2D eigenvalue weighted by atomic mass is 32.3. The molecule has 0 aromatic heterocycles. The van der Waals surface area contributed by atoms with Gasteiger partial charge in [0, 0.05) is 0 Å². The van der Waals surface area contributed by atoms with Crippen LogP contribution in [0.15, 0.2) is 48.6 Å². The van der Waals surface area contributed by atoms with E-state index < -0.39 is 78.5 Å². The third kappa shape index (κ3) is 25.1. The molecule has 0 aromatic rings. The summed E-state index contributed by atoms with van der Waals surface area (Å²) < 4.78 is 47.3. The molecule has 1 rings (SSSR count). The highest BCUT2D eigenvalue weighted by Crippen LogP contribution is 2.26. The minimum absolute atomic E-state index is 0.201. The number of carbonyl (C=O) groups excluding carboxylic acids is 1. The van der Waals surface area contributed by atoms with Gasteiger partial charge in [-0.25, -0.2) is 4.18 Å². The Balaban J connectivity index is 2.74. The van der Waals surface area contributed by atoms with Gasteiger partial charge in [-0.05, 0) is 70.6 Å². The third-order valence-electron chi connectivity index (χ3n) is 9.42. The van der Waals surface area contributed by atoms with E-state index in [9.17, 15) is 38.7 Å². The molecule has 1 saturated heterocycles. The van der Waals surface area contributed by atoms with E-state index >= 15 is 0 Å². The van der Waals surface area contributed by atoms with Crippen LogP contribution in [0.2, 0.25) is 0 Å². The van der Waals surface area contributed by atoms with Crippen molar-refractivity contribution in [2.45, 2.75) is 191 Å². The first-order valence-corrected chi connectivity index (χ1v) is 22.0. The van der Waals surface area contributed by atoms with Crippen LogP contribution in [0, 0.1) is 0 Å². The maximum absolute atomic E-state index is 13.0. The van der Waals surface area contributed by atoms with Crippen LogP contribution in [0.5, 0.6) is 0 Å². The zero-order valence-electron chi connectivity index (χ0n) is 33.3. The number of ether oxygens (including phenoxy) is 2. The molecule has 1 aliphatic rings. The lowest BCUT2D eigenvalue weighted by atomic mass is 9.99. The van der Waals surface area contributed by atoms with Gasteiger partial charge in [0.25, 0.3) is 0 Å². The van der Waals surface area contributed by atoms with E-state index in [1.807, 2.05) is 0 Å². The number of aliphatic hydroxyl groups excluding tert-OH is 5. The van der Waals surface area contributed by atoms with Crippen molar-refractivity contribution in [1.29, 1.82) is 0 Å². The van der Waals surface area contributed by atoms with Gasteiger partial charge < -0.3 is 40.3 Å². The Bertz CT molecular complexity index is 1190. The molecule has 0 saturated carbocycles. The summed E-state index contributed by atoms with van der Waals surface area (Å²) in [5.74, 6) is -0.737. The Kier molecular flexibility index (Phi) is 29.7. The highest BCUT2D eigenvalue weighted by Gasteiger charge is 2.48. The van der Waals surface area contributed by atoms with Crippen LogP contribution < -0.4 is 5.32 Å². The van der Waals surface area contributed by atoms with E-state index in [4.69, 9.17) is 14.0 Å². The van der Waals surface area contributed by atoms with Crippen LogP contribution in [-0.4, -0.2) is 107 Å². The number of rotatable bonds is 33. The summed E-state index contributed by atoms with van der Waals surface area (Å²) in [5.41, 5.74) is 0. The van der Waals surface area contributed by atoms with E-state index in [1.54, 1.807) is 6.08 Å². The molecular formula is C41H73NO12S. The van der Waals surface area contributed by atoms with Crippen molar-refractivity contribution < 1.29 is 57.0 Å². The van der Waals surface area contributed by atoms with E-state index in [-0.39, 0.29) is 6.42 Å². The third-order valence-corrected chi connectivity index (χ3v) is 9.88. The van der Waals surface area contributed by atoms with Crippen molar-refractivity contribution >= 4 is 16.3 Å². The molecule has 0 radical (unpaired) electrons. The van der Waals surface area contributed by atoms with Crippen LogP contribution in [0.4, 0.5) is 0 Å². The summed E-state index contributed by atoms with van der Waals surface area (Å²) >= 11 is 0. The van der Waals surface area contributed by atoms with Crippen LogP contribution in [0.3, 0.4) is 0 Å². The summed E-state index contributed by atoms with van der Waals surface area (Å²) in [4.78, 5) is 13.0. The molecule has 0 spiro atoms. The second-order valence-corrected chi connectivity index (χ2v) is 15.4. The van der Waals surface area contributed by atoms with Crippen molar-refractivity contribution in [3.8, 4) is 0 Å². The number of amides is 1. The molecular weight excluding hydrogens is 731 g/mol. The van der Waals surface area contributed by atoms with Gasteiger partial charge in [0.15, 0.2) is 6.29 Å². The van der Waals surface area contributed by atoms with Gasteiger partial charge in [-0.3, -0.25) is 9.35 Å². The van der Waals surface area contributed by atoms with Gasteiger partial charge in [-0.15, -0.1) is 0 Å². The van der Waals surface area contributed by atoms with Gasteiger partial charge in [-0.1, -0.05) is 120 Å². The largest absolute Gasteiger partial charge is 0.397 e.